The smallest absolute Gasteiger partial charge is 0.0713 e. The Balaban J connectivity index is 1.01. The normalized spacial score (nSPS) is 12.5. The summed E-state index contributed by atoms with van der Waals surface area (Å²) in [6, 6.07) is 95.6. The van der Waals surface area contributed by atoms with E-state index in [9.17, 15) is 0 Å². The number of para-hydroxylation sites is 1. The highest BCUT2D eigenvalue weighted by molar-refractivity contribution is 6.22. The number of fused-ring (bicyclic) bond motifs is 6. The minimum atomic E-state index is -0.444. The number of nitrogens with zero attached hydrogens (tertiary/aromatic N) is 1. The van der Waals surface area contributed by atoms with Gasteiger partial charge in [0.2, 0.25) is 0 Å². The molecule has 1 heteroatoms. The van der Waals surface area contributed by atoms with Crippen molar-refractivity contribution in [2.75, 3.05) is 4.90 Å². The van der Waals surface area contributed by atoms with Gasteiger partial charge in [-0.05, 0) is 131 Å². The Hall–Kier alpha value is -8.26. The van der Waals surface area contributed by atoms with Crippen LogP contribution in [0.15, 0.2) is 261 Å². The van der Waals surface area contributed by atoms with Crippen molar-refractivity contribution in [3.8, 4) is 44.5 Å². The fourth-order valence-electron chi connectivity index (χ4n) is 10.6. The molecule has 0 aromatic heterocycles. The van der Waals surface area contributed by atoms with Crippen LogP contribution >= 0.6 is 0 Å². The van der Waals surface area contributed by atoms with Crippen molar-refractivity contribution in [3.05, 3.63) is 283 Å². The van der Waals surface area contributed by atoms with Crippen molar-refractivity contribution in [2.24, 2.45) is 0 Å². The Morgan fingerprint density at radius 3 is 1.34 bits per heavy atom. The molecular formula is C63H43N. The summed E-state index contributed by atoms with van der Waals surface area (Å²) in [7, 11) is 0. The average Bonchev–Trinajstić information content (AvgIpc) is 3.68. The maximum atomic E-state index is 2.41. The maximum absolute atomic E-state index is 2.41. The van der Waals surface area contributed by atoms with E-state index in [4.69, 9.17) is 0 Å². The van der Waals surface area contributed by atoms with E-state index in [-0.39, 0.29) is 0 Å². The third-order valence-corrected chi connectivity index (χ3v) is 13.3. The molecule has 300 valence electrons. The molecule has 12 rings (SSSR count). The molecule has 0 amide bonds. The number of rotatable bonds is 8. The molecule has 0 radical (unpaired) electrons. The van der Waals surface area contributed by atoms with Gasteiger partial charge < -0.3 is 4.90 Å². The summed E-state index contributed by atoms with van der Waals surface area (Å²) in [5.74, 6) is 0. The first-order valence-electron chi connectivity index (χ1n) is 22.2. The summed E-state index contributed by atoms with van der Waals surface area (Å²) in [6.07, 6.45) is 0. The van der Waals surface area contributed by atoms with E-state index in [0.29, 0.717) is 0 Å². The highest BCUT2D eigenvalue weighted by Gasteiger charge is 2.46. The van der Waals surface area contributed by atoms with Crippen molar-refractivity contribution in [1.82, 2.24) is 0 Å². The molecule has 0 spiro atoms. The SMILES string of the molecule is c1ccc(-c2c(-c3ccccc3)c3cc(-c4ccc(N(c5ccccc5)c5ccc6c(c5)-c5ccccc5C6(c5ccccc5)c5ccccc5)cc4)ccc3c3ccccc23)cc1. The minimum absolute atomic E-state index is 0.444. The average molecular weight is 814 g/mol. The lowest BCUT2D eigenvalue weighted by Gasteiger charge is -2.34. The molecule has 0 aliphatic heterocycles. The molecule has 0 bridgehead atoms. The number of anilines is 3. The van der Waals surface area contributed by atoms with Crippen LogP contribution in [-0.4, -0.2) is 0 Å². The first kappa shape index (κ1) is 37.5. The summed E-state index contributed by atoms with van der Waals surface area (Å²) in [4.78, 5) is 2.39. The fraction of sp³-hybridized carbons (Fsp3) is 0.0159. The molecule has 0 N–H and O–H groups in total. The van der Waals surface area contributed by atoms with E-state index >= 15 is 0 Å². The van der Waals surface area contributed by atoms with Crippen LogP contribution in [0.5, 0.6) is 0 Å². The van der Waals surface area contributed by atoms with Gasteiger partial charge in [-0.2, -0.15) is 0 Å². The zero-order valence-corrected chi connectivity index (χ0v) is 35.3. The lowest BCUT2D eigenvalue weighted by molar-refractivity contribution is 0.768. The maximum Gasteiger partial charge on any atom is 0.0713 e. The number of hydrogen-bond acceptors (Lipinski definition) is 1. The van der Waals surface area contributed by atoms with Gasteiger partial charge in [0.15, 0.2) is 0 Å². The molecular weight excluding hydrogens is 771 g/mol. The van der Waals surface area contributed by atoms with Crippen LogP contribution in [0.25, 0.3) is 66.1 Å². The molecule has 0 fully saturated rings. The van der Waals surface area contributed by atoms with Gasteiger partial charge in [-0.3, -0.25) is 0 Å². The summed E-state index contributed by atoms with van der Waals surface area (Å²) >= 11 is 0. The van der Waals surface area contributed by atoms with Crippen LogP contribution in [-0.2, 0) is 5.41 Å². The Labute approximate surface area is 374 Å². The molecule has 64 heavy (non-hydrogen) atoms. The van der Waals surface area contributed by atoms with Gasteiger partial charge in [-0.1, -0.05) is 218 Å². The van der Waals surface area contributed by atoms with Crippen LogP contribution in [0.4, 0.5) is 17.1 Å². The van der Waals surface area contributed by atoms with Crippen LogP contribution in [0.1, 0.15) is 22.3 Å². The summed E-state index contributed by atoms with van der Waals surface area (Å²) < 4.78 is 0. The molecule has 1 aliphatic carbocycles. The summed E-state index contributed by atoms with van der Waals surface area (Å²) in [5.41, 5.74) is 17.9. The third kappa shape index (κ3) is 6.01. The number of hydrogen-bond donors (Lipinski definition) is 0. The lowest BCUT2D eigenvalue weighted by atomic mass is 9.68. The molecule has 1 aliphatic rings. The molecule has 0 saturated carbocycles. The monoisotopic (exact) mass is 813 g/mol. The Bertz CT molecular complexity index is 3410. The first-order chi connectivity index (χ1) is 31.8. The van der Waals surface area contributed by atoms with Gasteiger partial charge in [0.25, 0.3) is 0 Å². The summed E-state index contributed by atoms with van der Waals surface area (Å²) in [6.45, 7) is 0. The highest BCUT2D eigenvalue weighted by Crippen LogP contribution is 2.57. The van der Waals surface area contributed by atoms with Crippen molar-refractivity contribution in [1.29, 1.82) is 0 Å². The van der Waals surface area contributed by atoms with E-state index in [1.165, 1.54) is 88.3 Å². The van der Waals surface area contributed by atoms with E-state index in [1.54, 1.807) is 0 Å². The molecule has 0 unspecified atom stereocenters. The molecule has 0 atom stereocenters. The van der Waals surface area contributed by atoms with Gasteiger partial charge >= 0.3 is 0 Å². The van der Waals surface area contributed by atoms with E-state index in [2.05, 4.69) is 266 Å². The Morgan fingerprint density at radius 1 is 0.250 bits per heavy atom. The van der Waals surface area contributed by atoms with Gasteiger partial charge in [-0.15, -0.1) is 0 Å². The molecule has 11 aromatic carbocycles. The highest BCUT2D eigenvalue weighted by atomic mass is 15.1. The lowest BCUT2D eigenvalue weighted by Crippen LogP contribution is -2.28. The van der Waals surface area contributed by atoms with Gasteiger partial charge in [0.05, 0.1) is 5.41 Å². The predicted molar refractivity (Wildman–Crippen MR) is 270 cm³/mol. The van der Waals surface area contributed by atoms with E-state index in [0.717, 1.165) is 17.1 Å². The zero-order chi connectivity index (χ0) is 42.5. The third-order valence-electron chi connectivity index (χ3n) is 13.3. The van der Waals surface area contributed by atoms with Crippen LogP contribution < -0.4 is 4.90 Å². The second-order valence-electron chi connectivity index (χ2n) is 16.8. The van der Waals surface area contributed by atoms with Crippen molar-refractivity contribution < 1.29 is 0 Å². The van der Waals surface area contributed by atoms with Crippen LogP contribution in [0, 0.1) is 0 Å². The van der Waals surface area contributed by atoms with E-state index in [1.807, 2.05) is 0 Å². The summed E-state index contributed by atoms with van der Waals surface area (Å²) in [5, 5.41) is 5.03. The van der Waals surface area contributed by atoms with Gasteiger partial charge in [-0.25, -0.2) is 0 Å². The quantitative estimate of drug-likeness (QED) is 0.138. The van der Waals surface area contributed by atoms with Crippen LogP contribution in [0.2, 0.25) is 0 Å². The largest absolute Gasteiger partial charge is 0.310 e. The molecule has 1 nitrogen and oxygen atoms in total. The molecule has 0 heterocycles. The zero-order valence-electron chi connectivity index (χ0n) is 35.3. The topological polar surface area (TPSA) is 3.24 Å². The van der Waals surface area contributed by atoms with Gasteiger partial charge in [0.1, 0.15) is 0 Å². The molecule has 11 aromatic rings. The van der Waals surface area contributed by atoms with Gasteiger partial charge in [0, 0.05) is 17.1 Å². The standard InChI is InChI=1S/C63H43N/c1-6-20-45(21-7-1)61-56-32-17-16-30-53(56)54-40-36-47(42-58(54)62(61)46-22-8-2-9-23-46)44-34-37-51(38-35-44)64(50-28-14-5-15-29-50)52-39-41-60-57(43-52)55-31-18-19-33-59(55)63(60,48-24-10-3-11-25-48)49-26-12-4-13-27-49/h1-43H. The fourth-order valence-corrected chi connectivity index (χ4v) is 10.6. The Kier molecular flexibility index (Phi) is 9.13. The van der Waals surface area contributed by atoms with Crippen molar-refractivity contribution >= 4 is 38.6 Å². The number of benzene rings is 11. The minimum Gasteiger partial charge on any atom is -0.310 e. The second-order valence-corrected chi connectivity index (χ2v) is 16.8. The second kappa shape index (κ2) is 15.6. The van der Waals surface area contributed by atoms with Crippen molar-refractivity contribution in [3.63, 3.8) is 0 Å². The van der Waals surface area contributed by atoms with Crippen LogP contribution in [0.3, 0.4) is 0 Å². The Morgan fingerprint density at radius 2 is 0.703 bits per heavy atom. The van der Waals surface area contributed by atoms with E-state index < -0.39 is 5.41 Å². The first-order valence-corrected chi connectivity index (χ1v) is 22.2. The van der Waals surface area contributed by atoms with Crippen molar-refractivity contribution in [2.45, 2.75) is 5.41 Å². The predicted octanol–water partition coefficient (Wildman–Crippen LogP) is 16.8. The molecule has 0 saturated heterocycles.